The molecular weight excluding hydrogens is 482 g/mol. The van der Waals surface area contributed by atoms with E-state index in [4.69, 9.17) is 4.52 Å². The molecule has 1 aliphatic heterocycles. The number of hydrogen-bond donors (Lipinski definition) is 2. The van der Waals surface area contributed by atoms with Crippen LogP contribution < -0.4 is 15.5 Å². The van der Waals surface area contributed by atoms with E-state index in [0.717, 1.165) is 16.8 Å². The molecule has 2 aromatic carbocycles. The molecule has 202 valence electrons. The minimum atomic E-state index is -0.153. The maximum atomic E-state index is 13.5. The molecule has 10 heteroatoms. The first-order valence-electron chi connectivity index (χ1n) is 13.0. The number of hydrogen-bond acceptors (Lipinski definition) is 8. The number of anilines is 1. The topological polar surface area (TPSA) is 107 Å². The van der Waals surface area contributed by atoms with Crippen molar-refractivity contribution in [2.75, 3.05) is 38.1 Å². The van der Waals surface area contributed by atoms with Gasteiger partial charge in [-0.15, -0.1) is 0 Å². The summed E-state index contributed by atoms with van der Waals surface area (Å²) in [4.78, 5) is 32.6. The van der Waals surface area contributed by atoms with Crippen LogP contribution in [-0.4, -0.2) is 71.2 Å². The number of carbonyl (C=O) groups excluding carboxylic acids is 2. The van der Waals surface area contributed by atoms with Crippen molar-refractivity contribution < 1.29 is 14.1 Å². The van der Waals surface area contributed by atoms with Crippen LogP contribution in [-0.2, 0) is 22.7 Å². The van der Waals surface area contributed by atoms with Gasteiger partial charge in [0.15, 0.2) is 0 Å². The van der Waals surface area contributed by atoms with Gasteiger partial charge < -0.3 is 20.1 Å². The van der Waals surface area contributed by atoms with Crippen LogP contribution in [0, 0.1) is 13.8 Å². The van der Waals surface area contributed by atoms with E-state index in [1.807, 2.05) is 47.2 Å². The molecule has 1 aromatic heterocycles. The van der Waals surface area contributed by atoms with Crippen molar-refractivity contribution in [1.82, 2.24) is 30.8 Å². The normalized spacial score (nSPS) is 13.0. The Morgan fingerprint density at radius 3 is 2.39 bits per heavy atom. The highest BCUT2D eigenvalue weighted by Gasteiger charge is 2.27. The number of carbonyl (C=O) groups is 2. The number of aryl methyl sites for hydroxylation is 2. The van der Waals surface area contributed by atoms with Gasteiger partial charge in [-0.1, -0.05) is 55.4 Å². The Labute approximate surface area is 224 Å². The second-order valence-electron chi connectivity index (χ2n) is 9.96. The molecule has 0 aliphatic carbocycles. The predicted octanol–water partition coefficient (Wildman–Crippen LogP) is 2.66. The molecule has 2 N–H and O–H groups in total. The third-order valence-electron chi connectivity index (χ3n) is 6.61. The number of aromatic nitrogens is 2. The number of nitrogens with one attached hydrogen (secondary N) is 2. The Morgan fingerprint density at radius 1 is 1.05 bits per heavy atom. The standard InChI is InChI=1S/C28H37N7O3/c1-19(2)29-12-13-30-26(36)17-34(25-14-22(11-10-20(25)3)28-31-21(4)38-32-28)18-27(37)33(5)35-15-23-8-6-7-9-24(23)16-35/h6-11,14,19,29H,12-13,15-18H2,1-5H3,(H,30,36). The molecule has 0 saturated carbocycles. The van der Waals surface area contributed by atoms with E-state index in [0.29, 0.717) is 43.9 Å². The fourth-order valence-electron chi connectivity index (χ4n) is 4.47. The van der Waals surface area contributed by atoms with Crippen molar-refractivity contribution in [1.29, 1.82) is 0 Å². The molecule has 1 aliphatic rings. The van der Waals surface area contributed by atoms with E-state index in [9.17, 15) is 9.59 Å². The monoisotopic (exact) mass is 519 g/mol. The lowest BCUT2D eigenvalue weighted by Crippen LogP contribution is -2.48. The number of likely N-dealkylation sites (N-methyl/N-ethyl adjacent to an activating group) is 1. The smallest absolute Gasteiger partial charge is 0.256 e. The van der Waals surface area contributed by atoms with Crippen molar-refractivity contribution in [3.63, 3.8) is 0 Å². The van der Waals surface area contributed by atoms with E-state index < -0.39 is 0 Å². The summed E-state index contributed by atoms with van der Waals surface area (Å²) in [5.74, 6) is 0.676. The van der Waals surface area contributed by atoms with Gasteiger partial charge in [0.1, 0.15) is 0 Å². The van der Waals surface area contributed by atoms with Gasteiger partial charge in [0.2, 0.25) is 17.6 Å². The lowest BCUT2D eigenvalue weighted by atomic mass is 10.1. The predicted molar refractivity (Wildman–Crippen MR) is 146 cm³/mol. The zero-order chi connectivity index (χ0) is 27.2. The summed E-state index contributed by atoms with van der Waals surface area (Å²) in [6.07, 6.45) is 0. The van der Waals surface area contributed by atoms with Crippen LogP contribution in [0.5, 0.6) is 0 Å². The lowest BCUT2D eigenvalue weighted by molar-refractivity contribution is -0.145. The van der Waals surface area contributed by atoms with Gasteiger partial charge in [-0.2, -0.15) is 4.98 Å². The second-order valence-corrected chi connectivity index (χ2v) is 9.96. The van der Waals surface area contributed by atoms with Crippen LogP contribution in [0.15, 0.2) is 47.0 Å². The van der Waals surface area contributed by atoms with Gasteiger partial charge in [0, 0.05) is 57.4 Å². The van der Waals surface area contributed by atoms with Crippen LogP contribution in [0.4, 0.5) is 5.69 Å². The first kappa shape index (κ1) is 27.3. The number of benzene rings is 2. The molecule has 0 atom stereocenters. The molecule has 0 bridgehead atoms. The fraction of sp³-hybridized carbons (Fsp3) is 0.429. The third kappa shape index (κ3) is 6.76. The average Bonchev–Trinajstić information content (AvgIpc) is 3.52. The van der Waals surface area contributed by atoms with E-state index in [2.05, 4.69) is 46.8 Å². The van der Waals surface area contributed by atoms with Crippen molar-refractivity contribution >= 4 is 17.5 Å². The molecule has 10 nitrogen and oxygen atoms in total. The summed E-state index contributed by atoms with van der Waals surface area (Å²) in [5.41, 5.74) is 4.90. The molecule has 4 rings (SSSR count). The van der Waals surface area contributed by atoms with Crippen LogP contribution in [0.1, 0.15) is 36.4 Å². The minimum absolute atomic E-state index is 0.0383. The third-order valence-corrected chi connectivity index (χ3v) is 6.61. The first-order chi connectivity index (χ1) is 18.2. The maximum absolute atomic E-state index is 13.5. The Hall–Kier alpha value is -3.76. The van der Waals surface area contributed by atoms with Crippen molar-refractivity contribution in [2.45, 2.75) is 46.8 Å². The van der Waals surface area contributed by atoms with Crippen LogP contribution in [0.3, 0.4) is 0 Å². The van der Waals surface area contributed by atoms with Gasteiger partial charge in [-0.05, 0) is 29.7 Å². The largest absolute Gasteiger partial charge is 0.353 e. The summed E-state index contributed by atoms with van der Waals surface area (Å²) in [7, 11) is 1.79. The second kappa shape index (κ2) is 12.2. The Bertz CT molecular complexity index is 1250. The maximum Gasteiger partial charge on any atom is 0.256 e. The quantitative estimate of drug-likeness (QED) is 0.373. The number of hydrazine groups is 1. The van der Waals surface area contributed by atoms with Gasteiger partial charge >= 0.3 is 0 Å². The lowest BCUT2D eigenvalue weighted by Gasteiger charge is -2.32. The van der Waals surface area contributed by atoms with Crippen LogP contribution in [0.25, 0.3) is 11.4 Å². The zero-order valence-electron chi connectivity index (χ0n) is 22.8. The highest BCUT2D eigenvalue weighted by Crippen LogP contribution is 2.28. The van der Waals surface area contributed by atoms with E-state index in [1.54, 1.807) is 19.0 Å². The zero-order valence-corrected chi connectivity index (χ0v) is 22.8. The van der Waals surface area contributed by atoms with E-state index in [-0.39, 0.29) is 24.9 Å². The minimum Gasteiger partial charge on any atom is -0.353 e. The van der Waals surface area contributed by atoms with E-state index in [1.165, 1.54) is 11.1 Å². The van der Waals surface area contributed by atoms with Crippen LogP contribution in [0.2, 0.25) is 0 Å². The summed E-state index contributed by atoms with van der Waals surface area (Å²) in [5, 5.41) is 14.0. The first-order valence-corrected chi connectivity index (χ1v) is 13.0. The average molecular weight is 520 g/mol. The summed E-state index contributed by atoms with van der Waals surface area (Å²) in [6, 6.07) is 14.3. The summed E-state index contributed by atoms with van der Waals surface area (Å²) < 4.78 is 5.15. The number of amides is 2. The van der Waals surface area contributed by atoms with Gasteiger partial charge in [0.05, 0.1) is 13.1 Å². The number of nitrogens with zero attached hydrogens (tertiary/aromatic N) is 5. The van der Waals surface area contributed by atoms with E-state index >= 15 is 0 Å². The van der Waals surface area contributed by atoms with Crippen LogP contribution >= 0.6 is 0 Å². The molecule has 0 unspecified atom stereocenters. The Balaban J connectivity index is 1.52. The van der Waals surface area contributed by atoms with Crippen molar-refractivity contribution in [2.24, 2.45) is 0 Å². The molecule has 2 amide bonds. The Kier molecular flexibility index (Phi) is 8.75. The van der Waals surface area contributed by atoms with Crippen molar-refractivity contribution in [3.8, 4) is 11.4 Å². The number of rotatable bonds is 11. The molecule has 38 heavy (non-hydrogen) atoms. The molecule has 0 radical (unpaired) electrons. The summed E-state index contributed by atoms with van der Waals surface area (Å²) >= 11 is 0. The molecule has 0 fully saturated rings. The fourth-order valence-corrected chi connectivity index (χ4v) is 4.47. The van der Waals surface area contributed by atoms with Gasteiger partial charge in [-0.25, -0.2) is 5.01 Å². The molecule has 0 spiro atoms. The highest BCUT2D eigenvalue weighted by molar-refractivity contribution is 5.87. The highest BCUT2D eigenvalue weighted by atomic mass is 16.5. The Morgan fingerprint density at radius 2 is 1.76 bits per heavy atom. The van der Waals surface area contributed by atoms with Gasteiger partial charge in [-0.3, -0.25) is 14.6 Å². The molecular formula is C28H37N7O3. The number of fused-ring (bicyclic) bond motifs is 1. The SMILES string of the molecule is Cc1nc(-c2ccc(C)c(N(CC(=O)NCCNC(C)C)CC(=O)N(C)N3Cc4ccccc4C3)c2)no1. The molecule has 3 aromatic rings. The molecule has 0 saturated heterocycles. The summed E-state index contributed by atoms with van der Waals surface area (Å²) in [6.45, 7) is 10.4. The molecule has 2 heterocycles. The van der Waals surface area contributed by atoms with Crippen molar-refractivity contribution in [3.05, 3.63) is 65.0 Å². The van der Waals surface area contributed by atoms with Gasteiger partial charge in [0.25, 0.3) is 5.91 Å².